The van der Waals surface area contributed by atoms with Gasteiger partial charge in [-0.15, -0.1) is 0 Å². The molecule has 2 heterocycles. The zero-order chi connectivity index (χ0) is 28.8. The van der Waals surface area contributed by atoms with Crippen molar-refractivity contribution in [1.82, 2.24) is 4.98 Å². The third-order valence-corrected chi connectivity index (χ3v) is 9.03. The van der Waals surface area contributed by atoms with Crippen molar-refractivity contribution in [2.75, 3.05) is 18.1 Å². The Hall–Kier alpha value is -3.14. The SMILES string of the molecule is Cc1oc(-c2ccccc2)nc1CCOC1C=C(C2CC23CCN(c2cccc(C(F)(F)F)c2)[C@H]3C(O)O)CCC1. The van der Waals surface area contributed by atoms with Gasteiger partial charge in [0.2, 0.25) is 5.89 Å². The second-order valence-corrected chi connectivity index (χ2v) is 11.5. The van der Waals surface area contributed by atoms with Crippen LogP contribution in [0.25, 0.3) is 11.5 Å². The molecule has 0 radical (unpaired) electrons. The van der Waals surface area contributed by atoms with Gasteiger partial charge in [0.05, 0.1) is 30.0 Å². The summed E-state index contributed by atoms with van der Waals surface area (Å²) < 4.78 is 52.2. The molecule has 1 spiro atoms. The largest absolute Gasteiger partial charge is 0.441 e. The topological polar surface area (TPSA) is 79.0 Å². The Balaban J connectivity index is 1.11. The maximum absolute atomic E-state index is 13.3. The van der Waals surface area contributed by atoms with Gasteiger partial charge in [-0.05, 0) is 75.3 Å². The number of aliphatic hydroxyl groups excluding tert-OH is 1. The highest BCUT2D eigenvalue weighted by molar-refractivity contribution is 5.54. The van der Waals surface area contributed by atoms with Gasteiger partial charge in [0.1, 0.15) is 5.76 Å². The van der Waals surface area contributed by atoms with Crippen LogP contribution in [0.2, 0.25) is 0 Å². The summed E-state index contributed by atoms with van der Waals surface area (Å²) in [6.45, 7) is 2.90. The molecule has 6 nitrogen and oxygen atoms in total. The van der Waals surface area contributed by atoms with Gasteiger partial charge in [-0.25, -0.2) is 4.98 Å². The smallest absolute Gasteiger partial charge is 0.416 e. The van der Waals surface area contributed by atoms with Crippen molar-refractivity contribution in [3.05, 3.63) is 83.3 Å². The number of halogens is 3. The monoisotopic (exact) mass is 568 g/mol. The predicted octanol–water partition coefficient (Wildman–Crippen LogP) is 6.30. The van der Waals surface area contributed by atoms with Crippen molar-refractivity contribution < 1.29 is 32.5 Å². The highest BCUT2D eigenvalue weighted by atomic mass is 19.4. The molecule has 2 aliphatic carbocycles. The minimum absolute atomic E-state index is 0.0318. The lowest BCUT2D eigenvalue weighted by atomic mass is 9.86. The Kier molecular flexibility index (Phi) is 7.46. The van der Waals surface area contributed by atoms with Crippen LogP contribution < -0.4 is 4.90 Å². The van der Waals surface area contributed by atoms with E-state index in [-0.39, 0.29) is 17.4 Å². The van der Waals surface area contributed by atoms with Crippen LogP contribution in [0.5, 0.6) is 0 Å². The number of rotatable bonds is 8. The quantitative estimate of drug-likeness (QED) is 0.245. The maximum Gasteiger partial charge on any atom is 0.416 e. The molecule has 2 N–H and O–H groups in total. The van der Waals surface area contributed by atoms with Gasteiger partial charge in [0.15, 0.2) is 6.29 Å². The van der Waals surface area contributed by atoms with E-state index in [9.17, 15) is 23.4 Å². The standard InChI is InChI=1S/C32H35F3N2O4/c1-20-27(36-29(41-20)21-7-3-2-4-8-21)13-16-40-25-12-5-9-22(17-25)26-19-31(26)14-15-37(28(31)30(38)39)24-11-6-10-23(18-24)32(33,34)35/h2-4,6-8,10-11,17-18,25-26,28,30,38-39H,5,9,12-16,19H2,1H3/t25?,26?,28-,31?/m0/s1. The van der Waals surface area contributed by atoms with Gasteiger partial charge in [0, 0.05) is 29.6 Å². The molecule has 1 saturated heterocycles. The number of hydrogen-bond acceptors (Lipinski definition) is 6. The second kappa shape index (κ2) is 10.9. The van der Waals surface area contributed by atoms with Crippen LogP contribution in [-0.2, 0) is 17.3 Å². The molecule has 3 aromatic rings. The number of alkyl halides is 3. The Morgan fingerprint density at radius 2 is 1.95 bits per heavy atom. The normalized spacial score (nSPS) is 26.2. The first-order valence-electron chi connectivity index (χ1n) is 14.3. The van der Waals surface area contributed by atoms with Crippen LogP contribution in [0.15, 0.2) is 70.7 Å². The van der Waals surface area contributed by atoms with Gasteiger partial charge in [0.25, 0.3) is 0 Å². The molecule has 2 fully saturated rings. The number of oxazole rings is 1. The Bertz CT molecular complexity index is 1400. The molecule has 4 atom stereocenters. The van der Waals surface area contributed by atoms with Gasteiger partial charge in [-0.3, -0.25) is 0 Å². The van der Waals surface area contributed by atoms with E-state index in [0.29, 0.717) is 37.6 Å². The number of aliphatic hydroxyl groups is 2. The number of nitrogens with zero attached hydrogens (tertiary/aromatic N) is 2. The third kappa shape index (κ3) is 5.55. The molecule has 3 aliphatic rings. The summed E-state index contributed by atoms with van der Waals surface area (Å²) in [6.07, 6.45) is 1.01. The minimum Gasteiger partial charge on any atom is -0.441 e. The van der Waals surface area contributed by atoms with Gasteiger partial charge < -0.3 is 24.3 Å². The van der Waals surface area contributed by atoms with E-state index < -0.39 is 24.1 Å². The number of aryl methyl sites for hydroxylation is 1. The van der Waals surface area contributed by atoms with E-state index in [4.69, 9.17) is 9.15 Å². The number of hydrogen-bond donors (Lipinski definition) is 2. The number of allylic oxidation sites excluding steroid dienone is 1. The van der Waals surface area contributed by atoms with Gasteiger partial charge in [-0.1, -0.05) is 35.9 Å². The van der Waals surface area contributed by atoms with E-state index in [1.165, 1.54) is 11.6 Å². The summed E-state index contributed by atoms with van der Waals surface area (Å²) in [6, 6.07) is 14.3. The van der Waals surface area contributed by atoms with Crippen molar-refractivity contribution in [2.45, 2.75) is 70.1 Å². The highest BCUT2D eigenvalue weighted by Gasteiger charge is 2.66. The van der Waals surface area contributed by atoms with Crippen molar-refractivity contribution in [1.29, 1.82) is 0 Å². The molecule has 218 valence electrons. The molecule has 2 aromatic carbocycles. The highest BCUT2D eigenvalue weighted by Crippen LogP contribution is 2.66. The number of anilines is 1. The van der Waals surface area contributed by atoms with E-state index in [1.54, 1.807) is 11.0 Å². The Morgan fingerprint density at radius 1 is 1.15 bits per heavy atom. The van der Waals surface area contributed by atoms with Crippen molar-refractivity contribution in [2.24, 2.45) is 11.3 Å². The fourth-order valence-corrected chi connectivity index (χ4v) is 6.96. The predicted molar refractivity (Wildman–Crippen MR) is 148 cm³/mol. The Labute approximate surface area is 237 Å². The lowest BCUT2D eigenvalue weighted by Crippen LogP contribution is -2.44. The molecule has 0 amide bonds. The lowest BCUT2D eigenvalue weighted by Gasteiger charge is -2.33. The third-order valence-electron chi connectivity index (χ3n) is 9.03. The molecule has 3 unspecified atom stereocenters. The summed E-state index contributed by atoms with van der Waals surface area (Å²) in [5.41, 5.74) is 2.36. The summed E-state index contributed by atoms with van der Waals surface area (Å²) in [5.74, 6) is 1.56. The summed E-state index contributed by atoms with van der Waals surface area (Å²) in [5, 5.41) is 20.8. The number of ether oxygens (including phenoxy) is 1. The first-order chi connectivity index (χ1) is 19.7. The molecule has 41 heavy (non-hydrogen) atoms. The van der Waals surface area contributed by atoms with Crippen LogP contribution in [-0.4, -0.2) is 46.8 Å². The number of benzene rings is 2. The van der Waals surface area contributed by atoms with Crippen molar-refractivity contribution in [3.8, 4) is 11.5 Å². The van der Waals surface area contributed by atoms with Crippen LogP contribution in [0, 0.1) is 18.3 Å². The van der Waals surface area contributed by atoms with E-state index in [1.807, 2.05) is 37.3 Å². The van der Waals surface area contributed by atoms with Crippen LogP contribution in [0.1, 0.15) is 49.1 Å². The summed E-state index contributed by atoms with van der Waals surface area (Å²) >= 11 is 0. The van der Waals surface area contributed by atoms with E-state index in [0.717, 1.165) is 54.8 Å². The summed E-state index contributed by atoms with van der Waals surface area (Å²) in [7, 11) is 0. The van der Waals surface area contributed by atoms with Crippen LogP contribution >= 0.6 is 0 Å². The molecule has 1 aliphatic heterocycles. The molecule has 0 bridgehead atoms. The fraction of sp³-hybridized carbons (Fsp3) is 0.469. The van der Waals surface area contributed by atoms with Crippen LogP contribution in [0.3, 0.4) is 0 Å². The van der Waals surface area contributed by atoms with Crippen LogP contribution in [0.4, 0.5) is 18.9 Å². The van der Waals surface area contributed by atoms with E-state index in [2.05, 4.69) is 11.1 Å². The van der Waals surface area contributed by atoms with Gasteiger partial charge in [-0.2, -0.15) is 13.2 Å². The maximum atomic E-state index is 13.3. The molecule has 1 aromatic heterocycles. The first-order valence-corrected chi connectivity index (χ1v) is 14.3. The minimum atomic E-state index is -4.46. The first kappa shape index (κ1) is 28.0. The molecule has 1 saturated carbocycles. The zero-order valence-corrected chi connectivity index (χ0v) is 23.0. The second-order valence-electron chi connectivity index (χ2n) is 11.5. The average molecular weight is 569 g/mol. The Morgan fingerprint density at radius 3 is 2.71 bits per heavy atom. The number of aromatic nitrogens is 1. The van der Waals surface area contributed by atoms with Crippen molar-refractivity contribution >= 4 is 5.69 Å². The zero-order valence-electron chi connectivity index (χ0n) is 23.0. The van der Waals surface area contributed by atoms with E-state index >= 15 is 0 Å². The molecular formula is C32H35F3N2O4. The van der Waals surface area contributed by atoms with Gasteiger partial charge >= 0.3 is 6.18 Å². The average Bonchev–Trinajstić information content (AvgIpc) is 3.35. The summed E-state index contributed by atoms with van der Waals surface area (Å²) in [4.78, 5) is 6.41. The molecular weight excluding hydrogens is 533 g/mol. The molecule has 9 heteroatoms. The fourth-order valence-electron chi connectivity index (χ4n) is 6.96. The lowest BCUT2D eigenvalue weighted by molar-refractivity contribution is -0.137. The molecule has 6 rings (SSSR count). The van der Waals surface area contributed by atoms with Crippen molar-refractivity contribution in [3.63, 3.8) is 0 Å².